The van der Waals surface area contributed by atoms with Gasteiger partial charge < -0.3 is 5.11 Å². The first-order valence-corrected chi connectivity index (χ1v) is 5.99. The van der Waals surface area contributed by atoms with Gasteiger partial charge in [0.1, 0.15) is 5.75 Å². The Hall–Kier alpha value is -1.02. The first-order valence-electron chi connectivity index (χ1n) is 5.61. The maximum absolute atomic E-state index is 10.8. The van der Waals surface area contributed by atoms with Gasteiger partial charge >= 0.3 is 0 Å². The monoisotopic (exact) mass is 238 g/mol. The minimum absolute atomic E-state index is 0.0709. The molecule has 0 radical (unpaired) electrons. The Morgan fingerprint density at radius 1 is 1.50 bits per heavy atom. The first-order chi connectivity index (χ1) is 7.63. The van der Waals surface area contributed by atoms with Crippen LogP contribution in [0.4, 0.5) is 0 Å². The third-order valence-corrected chi connectivity index (χ3v) is 3.60. The van der Waals surface area contributed by atoms with E-state index in [-0.39, 0.29) is 11.2 Å². The Morgan fingerprint density at radius 2 is 2.19 bits per heavy atom. The van der Waals surface area contributed by atoms with Crippen LogP contribution in [-0.4, -0.2) is 11.4 Å². The van der Waals surface area contributed by atoms with E-state index in [1.807, 2.05) is 0 Å². The smallest absolute Gasteiger partial charge is 0.153 e. The predicted molar refractivity (Wildman–Crippen MR) is 64.3 cm³/mol. The van der Waals surface area contributed by atoms with Crippen LogP contribution in [0.15, 0.2) is 12.1 Å². The molecule has 0 heterocycles. The lowest BCUT2D eigenvalue weighted by Gasteiger charge is -2.17. The van der Waals surface area contributed by atoms with E-state index in [2.05, 4.69) is 6.92 Å². The minimum atomic E-state index is 0.0709. The molecule has 0 atom stereocenters. The zero-order chi connectivity index (χ0) is 11.8. The fourth-order valence-electron chi connectivity index (χ4n) is 2.40. The summed E-state index contributed by atoms with van der Waals surface area (Å²) in [7, 11) is 0. The van der Waals surface area contributed by atoms with Crippen molar-refractivity contribution >= 4 is 17.9 Å². The molecule has 1 saturated carbocycles. The Morgan fingerprint density at radius 3 is 2.69 bits per heavy atom. The maximum Gasteiger partial charge on any atom is 0.153 e. The molecule has 1 aliphatic rings. The standard InChI is InChI=1S/C13H15ClO2/c1-2-3-13(4-5-13)11-7-10(14)6-9(8-15)12(11)16/h6-8,16H,2-5H2,1H3. The average Bonchev–Trinajstić information content (AvgIpc) is 3.02. The van der Waals surface area contributed by atoms with Gasteiger partial charge in [-0.15, -0.1) is 0 Å². The molecule has 2 rings (SSSR count). The highest BCUT2D eigenvalue weighted by Gasteiger charge is 2.45. The fourth-order valence-corrected chi connectivity index (χ4v) is 2.62. The summed E-state index contributed by atoms with van der Waals surface area (Å²) in [5.74, 6) is 0.116. The van der Waals surface area contributed by atoms with Crippen LogP contribution in [0.2, 0.25) is 5.02 Å². The minimum Gasteiger partial charge on any atom is -0.507 e. The highest BCUT2D eigenvalue weighted by atomic mass is 35.5. The van der Waals surface area contributed by atoms with E-state index in [4.69, 9.17) is 11.6 Å². The third-order valence-electron chi connectivity index (χ3n) is 3.38. The van der Waals surface area contributed by atoms with E-state index in [0.29, 0.717) is 16.9 Å². The molecule has 0 saturated heterocycles. The lowest BCUT2D eigenvalue weighted by atomic mass is 9.89. The molecule has 86 valence electrons. The molecule has 3 heteroatoms. The molecule has 1 aromatic carbocycles. The zero-order valence-corrected chi connectivity index (χ0v) is 10.0. The van der Waals surface area contributed by atoms with Gasteiger partial charge in [0.05, 0.1) is 5.56 Å². The van der Waals surface area contributed by atoms with E-state index >= 15 is 0 Å². The Bertz CT molecular complexity index is 422. The molecule has 1 aromatic rings. The molecule has 0 aliphatic heterocycles. The molecule has 0 bridgehead atoms. The second-order valence-electron chi connectivity index (χ2n) is 4.54. The Kier molecular flexibility index (Phi) is 2.94. The van der Waals surface area contributed by atoms with Crippen LogP contribution in [0, 0.1) is 0 Å². The molecule has 1 N–H and O–H groups in total. The molecule has 1 fully saturated rings. The number of phenolic OH excluding ortho intramolecular Hbond substituents is 1. The lowest BCUT2D eigenvalue weighted by Crippen LogP contribution is -2.07. The van der Waals surface area contributed by atoms with Crippen molar-refractivity contribution in [3.05, 3.63) is 28.3 Å². The molecular weight excluding hydrogens is 224 g/mol. The van der Waals surface area contributed by atoms with E-state index in [9.17, 15) is 9.90 Å². The number of carbonyl (C=O) groups is 1. The third kappa shape index (κ3) is 1.82. The van der Waals surface area contributed by atoms with Gasteiger partial charge in [0.15, 0.2) is 6.29 Å². The summed E-state index contributed by atoms with van der Waals surface area (Å²) in [5, 5.41) is 10.6. The molecule has 1 aliphatic carbocycles. The molecule has 0 amide bonds. The van der Waals surface area contributed by atoms with E-state index < -0.39 is 0 Å². The van der Waals surface area contributed by atoms with Gasteiger partial charge in [0, 0.05) is 10.6 Å². The summed E-state index contributed by atoms with van der Waals surface area (Å²) >= 11 is 5.96. The number of halogens is 1. The van der Waals surface area contributed by atoms with Crippen molar-refractivity contribution in [3.63, 3.8) is 0 Å². The molecule has 16 heavy (non-hydrogen) atoms. The topological polar surface area (TPSA) is 37.3 Å². The summed E-state index contributed by atoms with van der Waals surface area (Å²) in [6.45, 7) is 2.13. The number of phenols is 1. The van der Waals surface area contributed by atoms with Crippen LogP contribution >= 0.6 is 11.6 Å². The Balaban J connectivity index is 2.48. The molecular formula is C13H15ClO2. The van der Waals surface area contributed by atoms with Gasteiger partial charge in [-0.05, 0) is 36.8 Å². The van der Waals surface area contributed by atoms with E-state index in [0.717, 1.165) is 31.2 Å². The number of hydrogen-bond acceptors (Lipinski definition) is 2. The normalized spacial score (nSPS) is 17.1. The van der Waals surface area contributed by atoms with Crippen LogP contribution in [0.5, 0.6) is 5.75 Å². The summed E-state index contributed by atoms with van der Waals surface area (Å²) in [6.07, 6.45) is 4.92. The second-order valence-corrected chi connectivity index (χ2v) is 4.98. The van der Waals surface area contributed by atoms with Crippen molar-refractivity contribution in [2.45, 2.75) is 38.0 Å². The van der Waals surface area contributed by atoms with Crippen molar-refractivity contribution in [2.75, 3.05) is 0 Å². The van der Waals surface area contributed by atoms with Gasteiger partial charge in [0.2, 0.25) is 0 Å². The number of rotatable bonds is 4. The fraction of sp³-hybridized carbons (Fsp3) is 0.462. The maximum atomic E-state index is 10.8. The number of aromatic hydroxyl groups is 1. The molecule has 0 spiro atoms. The number of hydrogen-bond donors (Lipinski definition) is 1. The summed E-state index contributed by atoms with van der Waals surface area (Å²) in [5.41, 5.74) is 1.22. The van der Waals surface area contributed by atoms with Crippen molar-refractivity contribution in [2.24, 2.45) is 0 Å². The van der Waals surface area contributed by atoms with Gasteiger partial charge in [-0.3, -0.25) is 4.79 Å². The molecule has 2 nitrogen and oxygen atoms in total. The highest BCUT2D eigenvalue weighted by Crippen LogP contribution is 2.55. The van der Waals surface area contributed by atoms with Crippen LogP contribution in [0.1, 0.15) is 48.5 Å². The van der Waals surface area contributed by atoms with Crippen LogP contribution < -0.4 is 0 Å². The van der Waals surface area contributed by atoms with Crippen molar-refractivity contribution in [1.29, 1.82) is 0 Å². The summed E-state index contributed by atoms with van der Waals surface area (Å²) in [4.78, 5) is 10.8. The van der Waals surface area contributed by atoms with Crippen molar-refractivity contribution < 1.29 is 9.90 Å². The largest absolute Gasteiger partial charge is 0.507 e. The number of aldehydes is 1. The van der Waals surface area contributed by atoms with Gasteiger partial charge in [-0.25, -0.2) is 0 Å². The van der Waals surface area contributed by atoms with Crippen LogP contribution in [-0.2, 0) is 5.41 Å². The van der Waals surface area contributed by atoms with Crippen LogP contribution in [0.25, 0.3) is 0 Å². The van der Waals surface area contributed by atoms with Gasteiger partial charge in [0.25, 0.3) is 0 Å². The zero-order valence-electron chi connectivity index (χ0n) is 9.29. The van der Waals surface area contributed by atoms with Gasteiger partial charge in [-0.2, -0.15) is 0 Å². The predicted octanol–water partition coefficient (Wildman–Crippen LogP) is 3.69. The summed E-state index contributed by atoms with van der Waals surface area (Å²) in [6, 6.07) is 3.31. The van der Waals surface area contributed by atoms with Gasteiger partial charge in [-0.1, -0.05) is 24.9 Å². The van der Waals surface area contributed by atoms with Crippen molar-refractivity contribution in [3.8, 4) is 5.75 Å². The van der Waals surface area contributed by atoms with Crippen LogP contribution in [0.3, 0.4) is 0 Å². The lowest BCUT2D eigenvalue weighted by molar-refractivity contribution is 0.112. The van der Waals surface area contributed by atoms with E-state index in [1.54, 1.807) is 6.07 Å². The number of benzene rings is 1. The molecule has 0 unspecified atom stereocenters. The van der Waals surface area contributed by atoms with Crippen molar-refractivity contribution in [1.82, 2.24) is 0 Å². The Labute approximate surface area is 100 Å². The highest BCUT2D eigenvalue weighted by molar-refractivity contribution is 6.31. The SMILES string of the molecule is CCCC1(c2cc(Cl)cc(C=O)c2O)CC1. The quantitative estimate of drug-likeness (QED) is 0.813. The number of carbonyl (C=O) groups excluding carboxylic acids is 1. The first kappa shape index (κ1) is 11.5. The summed E-state index contributed by atoms with van der Waals surface area (Å²) < 4.78 is 0. The molecule has 0 aromatic heterocycles. The van der Waals surface area contributed by atoms with E-state index in [1.165, 1.54) is 6.07 Å². The second kappa shape index (κ2) is 4.10. The average molecular weight is 239 g/mol.